The number of aliphatic imine (C=N–C) groups is 1. The molecule has 1 saturated heterocycles. The average molecular weight is 299 g/mol. The van der Waals surface area contributed by atoms with E-state index < -0.39 is 0 Å². The summed E-state index contributed by atoms with van der Waals surface area (Å²) in [5.74, 6) is 2.25. The molecule has 1 N–H and O–H groups in total. The summed E-state index contributed by atoms with van der Waals surface area (Å²) in [7, 11) is 4.14. The van der Waals surface area contributed by atoms with Gasteiger partial charge in [0, 0.05) is 49.3 Å². The van der Waals surface area contributed by atoms with E-state index in [1.165, 1.54) is 18.6 Å². The van der Waals surface area contributed by atoms with Crippen LogP contribution in [0.15, 0.2) is 4.99 Å². The Labute approximate surface area is 128 Å². The molecule has 0 amide bonds. The second-order valence-electron chi connectivity index (χ2n) is 6.70. The van der Waals surface area contributed by atoms with Gasteiger partial charge in [-0.3, -0.25) is 9.89 Å². The summed E-state index contributed by atoms with van der Waals surface area (Å²) in [6.45, 7) is 10.1. The van der Waals surface area contributed by atoms with Gasteiger partial charge >= 0.3 is 0 Å². The standard InChI is InChI=1S/C15H30N4S/c1-12(18(5)13-6-7-13)10-17-14(16-4)19-8-9-20-15(2,3)11-19/h12-13H,6-11H2,1-5H3,(H,16,17). The fraction of sp³-hybridized carbons (Fsp3) is 0.933. The Bertz CT molecular complexity index is 352. The van der Waals surface area contributed by atoms with E-state index in [4.69, 9.17) is 0 Å². The summed E-state index contributed by atoms with van der Waals surface area (Å²) in [5.41, 5.74) is 0. The fourth-order valence-corrected chi connectivity index (χ4v) is 3.87. The molecule has 4 nitrogen and oxygen atoms in total. The zero-order valence-corrected chi connectivity index (χ0v) is 14.5. The number of hydrogen-bond donors (Lipinski definition) is 1. The van der Waals surface area contributed by atoms with Gasteiger partial charge in [-0.05, 0) is 40.7 Å². The minimum absolute atomic E-state index is 0.326. The number of hydrogen-bond acceptors (Lipinski definition) is 3. The van der Waals surface area contributed by atoms with Crippen LogP contribution in [0.1, 0.15) is 33.6 Å². The summed E-state index contributed by atoms with van der Waals surface area (Å²) in [4.78, 5) is 9.37. The maximum atomic E-state index is 4.47. The monoisotopic (exact) mass is 298 g/mol. The average Bonchev–Trinajstić information content (AvgIpc) is 3.21. The summed E-state index contributed by atoms with van der Waals surface area (Å²) >= 11 is 2.06. The Hall–Kier alpha value is -0.420. The molecule has 20 heavy (non-hydrogen) atoms. The maximum Gasteiger partial charge on any atom is 0.193 e. The van der Waals surface area contributed by atoms with Crippen molar-refractivity contribution in [3.8, 4) is 0 Å². The third-order valence-corrected chi connectivity index (χ3v) is 5.61. The molecule has 2 fully saturated rings. The first-order valence-corrected chi connectivity index (χ1v) is 8.73. The Morgan fingerprint density at radius 2 is 2.20 bits per heavy atom. The van der Waals surface area contributed by atoms with Crippen molar-refractivity contribution in [2.24, 2.45) is 4.99 Å². The molecule has 116 valence electrons. The Balaban J connectivity index is 1.82. The van der Waals surface area contributed by atoms with Gasteiger partial charge in [0.15, 0.2) is 5.96 Å². The molecule has 2 aliphatic rings. The molecule has 2 rings (SSSR count). The van der Waals surface area contributed by atoms with Gasteiger partial charge in [-0.15, -0.1) is 0 Å². The van der Waals surface area contributed by atoms with Crippen molar-refractivity contribution in [1.29, 1.82) is 0 Å². The molecular formula is C15H30N4S. The molecular weight excluding hydrogens is 268 g/mol. The van der Waals surface area contributed by atoms with E-state index >= 15 is 0 Å². The third-order valence-electron chi connectivity index (χ3n) is 4.31. The van der Waals surface area contributed by atoms with Gasteiger partial charge < -0.3 is 10.2 Å². The molecule has 0 aromatic rings. The molecule has 1 saturated carbocycles. The summed E-state index contributed by atoms with van der Waals surface area (Å²) < 4.78 is 0.326. The first kappa shape index (κ1) is 16.0. The van der Waals surface area contributed by atoms with E-state index in [1.54, 1.807) is 0 Å². The van der Waals surface area contributed by atoms with Crippen molar-refractivity contribution >= 4 is 17.7 Å². The van der Waals surface area contributed by atoms with Crippen molar-refractivity contribution in [1.82, 2.24) is 15.1 Å². The number of thioether (sulfide) groups is 1. The van der Waals surface area contributed by atoms with Crippen LogP contribution in [-0.4, -0.2) is 72.1 Å². The molecule has 1 atom stereocenters. The number of guanidine groups is 1. The predicted molar refractivity (Wildman–Crippen MR) is 89.7 cm³/mol. The number of nitrogens with zero attached hydrogens (tertiary/aromatic N) is 3. The van der Waals surface area contributed by atoms with Gasteiger partial charge in [0.2, 0.25) is 0 Å². The highest BCUT2D eigenvalue weighted by Crippen LogP contribution is 2.29. The highest BCUT2D eigenvalue weighted by Gasteiger charge is 2.31. The number of rotatable bonds is 4. The molecule has 0 aromatic heterocycles. The second-order valence-corrected chi connectivity index (χ2v) is 8.51. The SMILES string of the molecule is CN=C(NCC(C)N(C)C1CC1)N1CCSC(C)(C)C1. The van der Waals surface area contributed by atoms with E-state index in [0.29, 0.717) is 10.8 Å². The van der Waals surface area contributed by atoms with Crippen LogP contribution in [0.5, 0.6) is 0 Å². The summed E-state index contributed by atoms with van der Waals surface area (Å²) in [6, 6.07) is 1.38. The number of likely N-dealkylation sites (N-methyl/N-ethyl adjacent to an activating group) is 1. The summed E-state index contributed by atoms with van der Waals surface area (Å²) in [6.07, 6.45) is 2.74. The van der Waals surface area contributed by atoms with Crippen molar-refractivity contribution in [2.75, 3.05) is 39.5 Å². The second kappa shape index (κ2) is 6.56. The molecule has 1 aliphatic carbocycles. The quantitative estimate of drug-likeness (QED) is 0.634. The van der Waals surface area contributed by atoms with Crippen LogP contribution < -0.4 is 5.32 Å². The molecule has 1 aliphatic heterocycles. The molecule has 0 radical (unpaired) electrons. The first-order chi connectivity index (χ1) is 9.43. The lowest BCUT2D eigenvalue weighted by Gasteiger charge is -2.39. The lowest BCUT2D eigenvalue weighted by Crippen LogP contribution is -2.53. The zero-order chi connectivity index (χ0) is 14.8. The van der Waals surface area contributed by atoms with Gasteiger partial charge in [-0.1, -0.05) is 0 Å². The van der Waals surface area contributed by atoms with Crippen LogP contribution >= 0.6 is 11.8 Å². The number of nitrogens with one attached hydrogen (secondary N) is 1. The smallest absolute Gasteiger partial charge is 0.193 e. The van der Waals surface area contributed by atoms with E-state index in [-0.39, 0.29) is 0 Å². The van der Waals surface area contributed by atoms with Crippen molar-refractivity contribution in [3.05, 3.63) is 0 Å². The third kappa shape index (κ3) is 4.29. The molecule has 5 heteroatoms. The molecule has 0 aromatic carbocycles. The zero-order valence-electron chi connectivity index (χ0n) is 13.6. The van der Waals surface area contributed by atoms with E-state index in [1.807, 2.05) is 7.05 Å². The van der Waals surface area contributed by atoms with Gasteiger partial charge in [0.1, 0.15) is 0 Å². The van der Waals surface area contributed by atoms with E-state index in [2.05, 4.69) is 59.7 Å². The Morgan fingerprint density at radius 3 is 2.75 bits per heavy atom. The van der Waals surface area contributed by atoms with Crippen molar-refractivity contribution in [2.45, 2.75) is 50.4 Å². The summed E-state index contributed by atoms with van der Waals surface area (Å²) in [5, 5.41) is 3.57. The highest BCUT2D eigenvalue weighted by atomic mass is 32.2. The predicted octanol–water partition coefficient (Wildman–Crippen LogP) is 1.87. The minimum Gasteiger partial charge on any atom is -0.355 e. The Kier molecular flexibility index (Phi) is 5.24. The van der Waals surface area contributed by atoms with Crippen LogP contribution in [0.25, 0.3) is 0 Å². The first-order valence-electron chi connectivity index (χ1n) is 7.74. The fourth-order valence-electron chi connectivity index (χ4n) is 2.75. The van der Waals surface area contributed by atoms with Crippen LogP contribution in [-0.2, 0) is 0 Å². The topological polar surface area (TPSA) is 30.9 Å². The molecule has 0 bridgehead atoms. The van der Waals surface area contributed by atoms with Crippen LogP contribution in [0.2, 0.25) is 0 Å². The lowest BCUT2D eigenvalue weighted by atomic mass is 10.2. The van der Waals surface area contributed by atoms with Gasteiger partial charge in [0.25, 0.3) is 0 Å². The van der Waals surface area contributed by atoms with E-state index in [0.717, 1.165) is 31.6 Å². The van der Waals surface area contributed by atoms with Crippen LogP contribution in [0.3, 0.4) is 0 Å². The van der Waals surface area contributed by atoms with Gasteiger partial charge in [-0.2, -0.15) is 11.8 Å². The minimum atomic E-state index is 0.326. The van der Waals surface area contributed by atoms with Gasteiger partial charge in [-0.25, -0.2) is 0 Å². The maximum absolute atomic E-state index is 4.47. The van der Waals surface area contributed by atoms with Crippen molar-refractivity contribution < 1.29 is 0 Å². The molecule has 0 spiro atoms. The highest BCUT2D eigenvalue weighted by molar-refractivity contribution is 8.00. The van der Waals surface area contributed by atoms with Gasteiger partial charge in [0.05, 0.1) is 0 Å². The Morgan fingerprint density at radius 1 is 1.50 bits per heavy atom. The largest absolute Gasteiger partial charge is 0.355 e. The van der Waals surface area contributed by atoms with Crippen molar-refractivity contribution in [3.63, 3.8) is 0 Å². The normalized spacial score (nSPS) is 24.9. The van der Waals surface area contributed by atoms with Crippen LogP contribution in [0, 0.1) is 0 Å². The molecule has 1 heterocycles. The van der Waals surface area contributed by atoms with E-state index in [9.17, 15) is 0 Å². The molecule has 1 unspecified atom stereocenters. The lowest BCUT2D eigenvalue weighted by molar-refractivity contribution is 0.245. The van der Waals surface area contributed by atoms with Crippen LogP contribution in [0.4, 0.5) is 0 Å².